The lowest BCUT2D eigenvalue weighted by Gasteiger charge is -2.35. The molecule has 0 radical (unpaired) electrons. The van der Waals surface area contributed by atoms with Crippen molar-refractivity contribution in [3.63, 3.8) is 0 Å². The van der Waals surface area contributed by atoms with E-state index in [2.05, 4.69) is 33.0 Å². The highest BCUT2D eigenvalue weighted by Gasteiger charge is 2.19. The third-order valence-corrected chi connectivity index (χ3v) is 3.25. The first-order chi connectivity index (χ1) is 6.24. The van der Waals surface area contributed by atoms with Crippen LogP contribution in [0, 0.1) is 0 Å². The van der Waals surface area contributed by atoms with Gasteiger partial charge in [0.15, 0.2) is 0 Å². The van der Waals surface area contributed by atoms with Crippen molar-refractivity contribution >= 4 is 0 Å². The zero-order valence-electron chi connectivity index (χ0n) is 9.90. The molecule has 13 heavy (non-hydrogen) atoms. The monoisotopic (exact) mass is 187 g/mol. The van der Waals surface area contributed by atoms with Crippen molar-refractivity contribution in [2.24, 2.45) is 0 Å². The summed E-state index contributed by atoms with van der Waals surface area (Å²) in [4.78, 5) is 0. The van der Waals surface area contributed by atoms with Gasteiger partial charge < -0.3 is 9.80 Å². The third-order valence-electron chi connectivity index (χ3n) is 3.25. The van der Waals surface area contributed by atoms with Crippen molar-refractivity contribution in [1.82, 2.24) is 5.32 Å². The largest absolute Gasteiger partial charge is 0.324 e. The van der Waals surface area contributed by atoms with Gasteiger partial charge in [-0.15, -0.1) is 0 Å². The second kappa shape index (κ2) is 7.34. The van der Waals surface area contributed by atoms with Crippen molar-refractivity contribution in [1.29, 1.82) is 0 Å². The summed E-state index contributed by atoms with van der Waals surface area (Å²) in [6.07, 6.45) is 1.31. The molecule has 0 aromatic rings. The summed E-state index contributed by atoms with van der Waals surface area (Å²) >= 11 is 0. The van der Waals surface area contributed by atoms with Crippen LogP contribution in [0.1, 0.15) is 34.1 Å². The molecule has 0 amide bonds. The molecular weight excluding hydrogens is 160 g/mol. The molecule has 0 fully saturated rings. The molecule has 0 heterocycles. The predicted molar refractivity (Wildman–Crippen MR) is 59.9 cm³/mol. The highest BCUT2D eigenvalue weighted by atomic mass is 15.3. The maximum atomic E-state index is 3.38. The van der Waals surface area contributed by atoms with E-state index in [0.717, 1.165) is 6.54 Å². The van der Waals surface area contributed by atoms with Gasteiger partial charge in [0.25, 0.3) is 0 Å². The van der Waals surface area contributed by atoms with Crippen molar-refractivity contribution in [3.05, 3.63) is 0 Å². The van der Waals surface area contributed by atoms with Crippen LogP contribution >= 0.6 is 0 Å². The molecule has 0 aromatic heterocycles. The summed E-state index contributed by atoms with van der Waals surface area (Å²) < 4.78 is 1.28. The molecule has 0 aliphatic heterocycles. The van der Waals surface area contributed by atoms with Crippen molar-refractivity contribution in [2.45, 2.75) is 34.1 Å². The van der Waals surface area contributed by atoms with Crippen LogP contribution < -0.4 is 5.32 Å². The second-order valence-corrected chi connectivity index (χ2v) is 3.72. The summed E-state index contributed by atoms with van der Waals surface area (Å²) in [7, 11) is 0. The molecule has 80 valence electrons. The van der Waals surface area contributed by atoms with Gasteiger partial charge in [0.1, 0.15) is 0 Å². The Labute approximate surface area is 83.9 Å². The van der Waals surface area contributed by atoms with Gasteiger partial charge in [-0.05, 0) is 27.3 Å². The average molecular weight is 187 g/mol. The minimum Gasteiger partial charge on any atom is -0.324 e. The van der Waals surface area contributed by atoms with E-state index in [1.807, 2.05) is 0 Å². The Morgan fingerprint density at radius 2 is 1.46 bits per heavy atom. The lowest BCUT2D eigenvalue weighted by Crippen LogP contribution is -2.48. The summed E-state index contributed by atoms with van der Waals surface area (Å²) in [6, 6.07) is 0. The maximum Gasteiger partial charge on any atom is 0.0798 e. The molecule has 0 unspecified atom stereocenters. The number of rotatable bonds is 8. The number of nitrogens with one attached hydrogen (secondary N) is 1. The standard InChI is InChI=1S/C11H27N2/c1-5-12-10-9-11-13(6-2,7-3)8-4/h12H,5-11H2,1-4H3/q+1. The SMILES string of the molecule is CCNCCC[N+](CC)(CC)CC. The van der Waals surface area contributed by atoms with E-state index >= 15 is 0 Å². The van der Waals surface area contributed by atoms with Crippen LogP contribution in [0.2, 0.25) is 0 Å². The van der Waals surface area contributed by atoms with Gasteiger partial charge in [0, 0.05) is 13.0 Å². The van der Waals surface area contributed by atoms with Gasteiger partial charge in [-0.25, -0.2) is 0 Å². The minimum atomic E-state index is 1.10. The summed E-state index contributed by atoms with van der Waals surface area (Å²) in [6.45, 7) is 16.5. The highest BCUT2D eigenvalue weighted by molar-refractivity contribution is 4.45. The Hall–Kier alpha value is -0.0800. The van der Waals surface area contributed by atoms with Gasteiger partial charge in [0.2, 0.25) is 0 Å². The zero-order valence-corrected chi connectivity index (χ0v) is 9.90. The first-order valence-electron chi connectivity index (χ1n) is 5.80. The topological polar surface area (TPSA) is 12.0 Å². The van der Waals surface area contributed by atoms with Crippen molar-refractivity contribution in [2.75, 3.05) is 39.3 Å². The van der Waals surface area contributed by atoms with Crippen LogP contribution in [0.3, 0.4) is 0 Å². The number of nitrogens with zero attached hydrogens (tertiary/aromatic N) is 1. The maximum absolute atomic E-state index is 3.38. The molecule has 0 aliphatic carbocycles. The molecule has 0 aromatic carbocycles. The Balaban J connectivity index is 3.68. The molecule has 2 nitrogen and oxygen atoms in total. The Kier molecular flexibility index (Phi) is 7.29. The molecule has 0 bridgehead atoms. The van der Waals surface area contributed by atoms with Crippen LogP contribution in [-0.4, -0.2) is 43.8 Å². The number of hydrogen-bond donors (Lipinski definition) is 1. The molecule has 0 aliphatic rings. The molecule has 0 saturated heterocycles. The van der Waals surface area contributed by atoms with Crippen molar-refractivity contribution in [3.8, 4) is 0 Å². The van der Waals surface area contributed by atoms with Crippen LogP contribution in [0.25, 0.3) is 0 Å². The second-order valence-electron chi connectivity index (χ2n) is 3.72. The van der Waals surface area contributed by atoms with E-state index in [1.54, 1.807) is 0 Å². The molecule has 2 heteroatoms. The Morgan fingerprint density at radius 1 is 0.923 bits per heavy atom. The van der Waals surface area contributed by atoms with Gasteiger partial charge in [-0.2, -0.15) is 0 Å². The quantitative estimate of drug-likeness (QED) is 0.452. The molecule has 0 rings (SSSR count). The minimum absolute atomic E-state index is 1.10. The molecule has 0 atom stereocenters. The molecule has 0 saturated carbocycles. The van der Waals surface area contributed by atoms with Crippen LogP contribution in [0.5, 0.6) is 0 Å². The normalized spacial score (nSPS) is 12.0. The smallest absolute Gasteiger partial charge is 0.0798 e. The first kappa shape index (κ1) is 12.9. The van der Waals surface area contributed by atoms with Crippen LogP contribution in [0.15, 0.2) is 0 Å². The average Bonchev–Trinajstić information content (AvgIpc) is 2.20. The van der Waals surface area contributed by atoms with Crippen LogP contribution in [-0.2, 0) is 0 Å². The molecule has 1 N–H and O–H groups in total. The van der Waals surface area contributed by atoms with E-state index in [4.69, 9.17) is 0 Å². The summed E-state index contributed by atoms with van der Waals surface area (Å²) in [5.74, 6) is 0. The predicted octanol–water partition coefficient (Wildman–Crippen LogP) is 1.86. The van der Waals surface area contributed by atoms with E-state index in [-0.39, 0.29) is 0 Å². The van der Waals surface area contributed by atoms with E-state index in [9.17, 15) is 0 Å². The van der Waals surface area contributed by atoms with Gasteiger partial charge in [0.05, 0.1) is 26.2 Å². The van der Waals surface area contributed by atoms with Crippen molar-refractivity contribution < 1.29 is 4.48 Å². The fraction of sp³-hybridized carbons (Fsp3) is 1.00. The van der Waals surface area contributed by atoms with Gasteiger partial charge in [-0.1, -0.05) is 6.92 Å². The Bertz CT molecular complexity index is 100. The summed E-state index contributed by atoms with van der Waals surface area (Å²) in [5, 5.41) is 3.38. The van der Waals surface area contributed by atoms with E-state index in [0.29, 0.717) is 0 Å². The lowest BCUT2D eigenvalue weighted by atomic mass is 10.3. The molecular formula is C11H27N2+. The fourth-order valence-electron chi connectivity index (χ4n) is 1.86. The first-order valence-corrected chi connectivity index (χ1v) is 5.80. The summed E-state index contributed by atoms with van der Waals surface area (Å²) in [5.41, 5.74) is 0. The lowest BCUT2D eigenvalue weighted by molar-refractivity contribution is -0.923. The van der Waals surface area contributed by atoms with Gasteiger partial charge in [-0.3, -0.25) is 0 Å². The van der Waals surface area contributed by atoms with E-state index < -0.39 is 0 Å². The van der Waals surface area contributed by atoms with Crippen LogP contribution in [0.4, 0.5) is 0 Å². The number of hydrogen-bond acceptors (Lipinski definition) is 1. The van der Waals surface area contributed by atoms with Gasteiger partial charge >= 0.3 is 0 Å². The van der Waals surface area contributed by atoms with E-state index in [1.165, 1.54) is 43.6 Å². The zero-order chi connectivity index (χ0) is 10.2. The Morgan fingerprint density at radius 3 is 1.85 bits per heavy atom. The highest BCUT2D eigenvalue weighted by Crippen LogP contribution is 2.06. The molecule has 0 spiro atoms. The fourth-order valence-corrected chi connectivity index (χ4v) is 1.86. The number of quaternary nitrogens is 1. The third kappa shape index (κ3) is 4.63.